The van der Waals surface area contributed by atoms with Gasteiger partial charge in [-0.2, -0.15) is 9.97 Å². The van der Waals surface area contributed by atoms with Gasteiger partial charge >= 0.3 is 6.01 Å². The number of nitrogens with one attached hydrogen (secondary N) is 1. The number of pyridine rings is 1. The van der Waals surface area contributed by atoms with Crippen molar-refractivity contribution in [1.82, 2.24) is 25.2 Å². The summed E-state index contributed by atoms with van der Waals surface area (Å²) in [6, 6.07) is 8.28. The Kier molecular flexibility index (Phi) is 6.67. The zero-order valence-corrected chi connectivity index (χ0v) is 23.3. The van der Waals surface area contributed by atoms with Gasteiger partial charge in [0.05, 0.1) is 16.5 Å². The number of terminal acetylenes is 1. The van der Waals surface area contributed by atoms with Crippen molar-refractivity contribution in [3.05, 3.63) is 53.7 Å². The standard InChI is InChI=1S/C32H31F3N6O/c1-3-22-25(34)9-8-20-6-4-7-23(26(20)22)28-27(35)29-24(16-37-28)30(41-13-11-36-15-19(41)2)39-31(38-29)42-18-32-10-5-12-40(32)17-21(33)14-32/h1,4,6-9,16,19,21,36H,5,10-15,17-18H2,2H3/t19-,21-,32+/m1/s1. The number of hydrogen-bond acceptors (Lipinski definition) is 7. The maximum atomic E-state index is 16.6. The van der Waals surface area contributed by atoms with Crippen molar-refractivity contribution in [2.45, 2.75) is 43.9 Å². The number of aromatic nitrogens is 3. The Morgan fingerprint density at radius 1 is 1.19 bits per heavy atom. The van der Waals surface area contributed by atoms with E-state index in [9.17, 15) is 8.78 Å². The fraction of sp³-hybridized carbons (Fsp3) is 0.406. The van der Waals surface area contributed by atoms with Crippen LogP contribution in [0, 0.1) is 24.0 Å². The van der Waals surface area contributed by atoms with Gasteiger partial charge < -0.3 is 15.0 Å². The van der Waals surface area contributed by atoms with E-state index in [4.69, 9.17) is 16.1 Å². The number of alkyl halides is 1. The highest BCUT2D eigenvalue weighted by atomic mass is 19.1. The number of hydrogen-bond donors (Lipinski definition) is 1. The van der Waals surface area contributed by atoms with Gasteiger partial charge in [-0.25, -0.2) is 13.2 Å². The van der Waals surface area contributed by atoms with Gasteiger partial charge in [0, 0.05) is 55.8 Å². The summed E-state index contributed by atoms with van der Waals surface area (Å²) >= 11 is 0. The Morgan fingerprint density at radius 2 is 2.07 bits per heavy atom. The van der Waals surface area contributed by atoms with Crippen molar-refractivity contribution in [3.8, 4) is 29.6 Å². The molecule has 3 aliphatic heterocycles. The largest absolute Gasteiger partial charge is 0.461 e. The third-order valence-electron chi connectivity index (χ3n) is 9.04. The molecule has 2 aromatic heterocycles. The number of ether oxygens (including phenoxy) is 1. The Hall–Kier alpha value is -3.94. The lowest BCUT2D eigenvalue weighted by Gasteiger charge is -2.35. The summed E-state index contributed by atoms with van der Waals surface area (Å²) in [4.78, 5) is 18.1. The van der Waals surface area contributed by atoms with Gasteiger partial charge in [-0.15, -0.1) is 6.42 Å². The van der Waals surface area contributed by atoms with Gasteiger partial charge in [0.15, 0.2) is 5.82 Å². The Bertz CT molecular complexity index is 1740. The van der Waals surface area contributed by atoms with E-state index < -0.39 is 23.3 Å². The number of nitrogens with zero attached hydrogens (tertiary/aromatic N) is 5. The van der Waals surface area contributed by atoms with Crippen LogP contribution in [0.1, 0.15) is 31.7 Å². The Balaban J connectivity index is 1.37. The van der Waals surface area contributed by atoms with Crippen molar-refractivity contribution in [3.63, 3.8) is 0 Å². The molecule has 4 aromatic rings. The lowest BCUT2D eigenvalue weighted by atomic mass is 9.95. The summed E-state index contributed by atoms with van der Waals surface area (Å²) < 4.78 is 51.9. The van der Waals surface area contributed by atoms with Crippen LogP contribution in [-0.4, -0.2) is 76.9 Å². The van der Waals surface area contributed by atoms with Gasteiger partial charge in [0.25, 0.3) is 0 Å². The van der Waals surface area contributed by atoms with E-state index in [0.717, 1.165) is 32.5 Å². The summed E-state index contributed by atoms with van der Waals surface area (Å²) in [7, 11) is 0. The van der Waals surface area contributed by atoms with Crippen LogP contribution in [0.3, 0.4) is 0 Å². The highest BCUT2D eigenvalue weighted by molar-refractivity contribution is 6.02. The van der Waals surface area contributed by atoms with E-state index in [-0.39, 0.29) is 35.4 Å². The van der Waals surface area contributed by atoms with Gasteiger partial charge in [-0.3, -0.25) is 9.88 Å². The molecule has 42 heavy (non-hydrogen) atoms. The Morgan fingerprint density at radius 3 is 2.90 bits per heavy atom. The topological polar surface area (TPSA) is 66.4 Å². The molecule has 7 nitrogen and oxygen atoms in total. The van der Waals surface area contributed by atoms with Gasteiger partial charge in [-0.05, 0) is 37.8 Å². The number of benzene rings is 2. The molecular formula is C32H31F3N6O. The van der Waals surface area contributed by atoms with Gasteiger partial charge in [0.2, 0.25) is 0 Å². The van der Waals surface area contributed by atoms with Crippen LogP contribution < -0.4 is 15.0 Å². The first-order valence-corrected chi connectivity index (χ1v) is 14.4. The molecule has 0 aliphatic carbocycles. The lowest BCUT2D eigenvalue weighted by Crippen LogP contribution is -2.50. The van der Waals surface area contributed by atoms with Crippen molar-refractivity contribution >= 4 is 27.5 Å². The minimum absolute atomic E-state index is 0.00999. The number of halogens is 3. The molecule has 7 rings (SSSR count). The monoisotopic (exact) mass is 572 g/mol. The third-order valence-corrected chi connectivity index (χ3v) is 9.04. The zero-order chi connectivity index (χ0) is 29.0. The molecule has 5 heterocycles. The van der Waals surface area contributed by atoms with Gasteiger partial charge in [0.1, 0.15) is 35.6 Å². The average Bonchev–Trinajstić information content (AvgIpc) is 3.52. The van der Waals surface area contributed by atoms with Crippen LogP contribution in [0.25, 0.3) is 32.9 Å². The van der Waals surface area contributed by atoms with Crippen molar-refractivity contribution in [1.29, 1.82) is 0 Å². The van der Waals surface area contributed by atoms with Crippen LogP contribution in [0.15, 0.2) is 36.5 Å². The first-order valence-electron chi connectivity index (χ1n) is 14.4. The predicted octanol–water partition coefficient (Wildman–Crippen LogP) is 4.86. The summed E-state index contributed by atoms with van der Waals surface area (Å²) in [6.07, 6.45) is 8.57. The number of anilines is 1. The average molecular weight is 573 g/mol. The molecule has 2 aromatic carbocycles. The first-order chi connectivity index (χ1) is 20.4. The van der Waals surface area contributed by atoms with E-state index in [1.807, 2.05) is 0 Å². The number of piperazine rings is 1. The minimum Gasteiger partial charge on any atom is -0.461 e. The highest BCUT2D eigenvalue weighted by Crippen LogP contribution is 2.41. The molecule has 1 N–H and O–H groups in total. The van der Waals surface area contributed by atoms with Crippen molar-refractivity contribution in [2.24, 2.45) is 0 Å². The fourth-order valence-corrected chi connectivity index (χ4v) is 6.99. The van der Waals surface area contributed by atoms with Crippen LogP contribution in [0.5, 0.6) is 6.01 Å². The second-order valence-electron chi connectivity index (χ2n) is 11.6. The van der Waals surface area contributed by atoms with E-state index in [0.29, 0.717) is 47.1 Å². The molecule has 0 amide bonds. The molecule has 10 heteroatoms. The first kappa shape index (κ1) is 26.9. The maximum Gasteiger partial charge on any atom is 0.319 e. The predicted molar refractivity (Wildman–Crippen MR) is 156 cm³/mol. The molecular weight excluding hydrogens is 541 g/mol. The normalized spacial score (nSPS) is 24.3. The molecule has 3 saturated heterocycles. The number of rotatable bonds is 5. The van der Waals surface area contributed by atoms with E-state index in [2.05, 4.69) is 37.9 Å². The molecule has 0 radical (unpaired) electrons. The van der Waals surface area contributed by atoms with Crippen LogP contribution >= 0.6 is 0 Å². The van der Waals surface area contributed by atoms with E-state index >= 15 is 4.39 Å². The molecule has 0 saturated carbocycles. The van der Waals surface area contributed by atoms with Gasteiger partial charge in [-0.1, -0.05) is 30.2 Å². The van der Waals surface area contributed by atoms with E-state index in [1.165, 1.54) is 6.07 Å². The van der Waals surface area contributed by atoms with Crippen LogP contribution in [0.4, 0.5) is 19.0 Å². The molecule has 0 unspecified atom stereocenters. The smallest absolute Gasteiger partial charge is 0.319 e. The molecule has 3 fully saturated rings. The molecule has 0 bridgehead atoms. The summed E-state index contributed by atoms with van der Waals surface area (Å²) in [5, 5.41) is 4.90. The van der Waals surface area contributed by atoms with Crippen molar-refractivity contribution < 1.29 is 17.9 Å². The fourth-order valence-electron chi connectivity index (χ4n) is 6.99. The second-order valence-corrected chi connectivity index (χ2v) is 11.6. The Labute approximate surface area is 242 Å². The van der Waals surface area contributed by atoms with E-state index in [1.54, 1.807) is 30.5 Å². The summed E-state index contributed by atoms with van der Waals surface area (Å²) in [5.74, 6) is 1.72. The summed E-state index contributed by atoms with van der Waals surface area (Å²) in [5.41, 5.74) is 0.0844. The van der Waals surface area contributed by atoms with Crippen molar-refractivity contribution in [2.75, 3.05) is 44.2 Å². The quantitative estimate of drug-likeness (QED) is 0.343. The molecule has 216 valence electrons. The van der Waals surface area contributed by atoms with Crippen LogP contribution in [0.2, 0.25) is 0 Å². The summed E-state index contributed by atoms with van der Waals surface area (Å²) in [6.45, 7) is 5.67. The second kappa shape index (κ2) is 10.4. The molecule has 3 atom stereocenters. The van der Waals surface area contributed by atoms with Crippen LogP contribution in [-0.2, 0) is 0 Å². The lowest BCUT2D eigenvalue weighted by molar-refractivity contribution is 0.107. The SMILES string of the molecule is C#Cc1c(F)ccc2cccc(-c3ncc4c(N5CCNC[C@H]5C)nc(OC[C@@]56CCCN5C[C@H](F)C6)nc4c3F)c12. The highest BCUT2D eigenvalue weighted by Gasteiger charge is 2.49. The number of fused-ring (bicyclic) bond motifs is 3. The molecule has 0 spiro atoms. The zero-order valence-electron chi connectivity index (χ0n) is 23.3. The minimum atomic E-state index is -0.895. The maximum absolute atomic E-state index is 16.6. The molecule has 3 aliphatic rings. The third kappa shape index (κ3) is 4.34.